The van der Waals surface area contributed by atoms with E-state index >= 15 is 0 Å². The first-order chi connectivity index (χ1) is 27.8. The molecular weight excluding hydrogens is 867 g/mol. The van der Waals surface area contributed by atoms with Crippen LogP contribution in [0.1, 0.15) is 64.9 Å². The Labute approximate surface area is 366 Å². The van der Waals surface area contributed by atoms with Gasteiger partial charge in [-0.1, -0.05) is 147 Å². The Kier molecular flexibility index (Phi) is 18.4. The van der Waals surface area contributed by atoms with Crippen molar-refractivity contribution < 1.29 is 25.8 Å². The Morgan fingerprint density at radius 2 is 0.914 bits per heavy atom. The molecule has 58 heavy (non-hydrogen) atoms. The number of nitrogens with zero attached hydrogens (tertiary/aromatic N) is 2. The van der Waals surface area contributed by atoms with Crippen molar-refractivity contribution >= 4 is 5.69 Å². The quantitative estimate of drug-likeness (QED) is 0.116. The molecule has 0 bridgehead atoms. The van der Waals surface area contributed by atoms with Crippen LogP contribution in [0.3, 0.4) is 0 Å². The van der Waals surface area contributed by atoms with Gasteiger partial charge in [0.2, 0.25) is 0 Å². The van der Waals surface area contributed by atoms with Crippen LogP contribution >= 0.6 is 0 Å². The minimum Gasteiger partial charge on any atom is -0.673 e. The van der Waals surface area contributed by atoms with Gasteiger partial charge >= 0.3 is 25.8 Å². The van der Waals surface area contributed by atoms with Crippen molar-refractivity contribution in [3.8, 4) is 22.4 Å². The van der Waals surface area contributed by atoms with Crippen molar-refractivity contribution in [3.05, 3.63) is 277 Å². The second kappa shape index (κ2) is 23.9. The van der Waals surface area contributed by atoms with E-state index in [1.807, 2.05) is 97.1 Å². The number of rotatable bonds is 7. The molecule has 0 saturated heterocycles. The zero-order valence-electron chi connectivity index (χ0n) is 33.9. The van der Waals surface area contributed by atoms with Crippen LogP contribution in [0.2, 0.25) is 0 Å². The van der Waals surface area contributed by atoms with Gasteiger partial charge in [-0.2, -0.15) is 73.9 Å². The SMILES string of the molecule is Cc1cc(C(C)C)ccc1[N-]C(c1cccc(-c2ccccc2)n1)c1ccccc1-c1ccccc1.[CH2-]c1ccccc1.[CH2-]c1ccccc1.[CH2-]c1ccccc1.[Hf+4]. The molecule has 0 fully saturated rings. The van der Waals surface area contributed by atoms with E-state index in [-0.39, 0.29) is 31.9 Å². The smallest absolute Gasteiger partial charge is 0.673 e. The molecule has 1 heterocycles. The molecule has 1 aromatic heterocycles. The zero-order valence-corrected chi connectivity index (χ0v) is 37.5. The molecule has 286 valence electrons. The number of aryl methyl sites for hydroxylation is 1. The molecule has 1 atom stereocenters. The van der Waals surface area contributed by atoms with Crippen molar-refractivity contribution in [1.82, 2.24) is 4.98 Å². The van der Waals surface area contributed by atoms with E-state index in [0.717, 1.165) is 44.9 Å². The third-order valence-corrected chi connectivity index (χ3v) is 9.14. The van der Waals surface area contributed by atoms with Gasteiger partial charge < -0.3 is 5.32 Å². The Morgan fingerprint density at radius 1 is 0.466 bits per heavy atom. The van der Waals surface area contributed by atoms with Gasteiger partial charge in [-0.25, -0.2) is 0 Å². The summed E-state index contributed by atoms with van der Waals surface area (Å²) in [4.78, 5) is 5.13. The van der Waals surface area contributed by atoms with E-state index in [1.54, 1.807) is 0 Å². The predicted molar refractivity (Wildman–Crippen MR) is 244 cm³/mol. The number of benzene rings is 7. The minimum atomic E-state index is -0.242. The Hall–Kier alpha value is -6.03. The van der Waals surface area contributed by atoms with Crippen molar-refractivity contribution in [2.24, 2.45) is 0 Å². The summed E-state index contributed by atoms with van der Waals surface area (Å²) in [6, 6.07) is 71.7. The second-order valence-corrected chi connectivity index (χ2v) is 14.0. The Bertz CT molecular complexity index is 2240. The molecule has 8 aromatic rings. The minimum absolute atomic E-state index is 0. The molecule has 0 radical (unpaired) electrons. The number of hydrogen-bond donors (Lipinski definition) is 0. The number of aromatic nitrogens is 1. The third kappa shape index (κ3) is 14.2. The summed E-state index contributed by atoms with van der Waals surface area (Å²) in [6.45, 7) is 17.8. The molecule has 0 saturated carbocycles. The van der Waals surface area contributed by atoms with Gasteiger partial charge in [0.25, 0.3) is 0 Å². The fourth-order valence-electron chi connectivity index (χ4n) is 6.04. The van der Waals surface area contributed by atoms with Crippen molar-refractivity contribution in [2.45, 2.75) is 32.7 Å². The van der Waals surface area contributed by atoms with Gasteiger partial charge in [0.1, 0.15) is 0 Å². The first kappa shape index (κ1) is 44.7. The summed E-state index contributed by atoms with van der Waals surface area (Å²) < 4.78 is 0. The topological polar surface area (TPSA) is 27.0 Å². The second-order valence-electron chi connectivity index (χ2n) is 14.0. The van der Waals surface area contributed by atoms with E-state index < -0.39 is 0 Å². The fourth-order valence-corrected chi connectivity index (χ4v) is 6.04. The van der Waals surface area contributed by atoms with Gasteiger partial charge in [-0.05, 0) is 53.3 Å². The van der Waals surface area contributed by atoms with Crippen molar-refractivity contribution in [3.63, 3.8) is 0 Å². The molecule has 0 aliphatic carbocycles. The van der Waals surface area contributed by atoms with Gasteiger partial charge in [0, 0.05) is 11.3 Å². The first-order valence-corrected chi connectivity index (χ1v) is 19.4. The maximum atomic E-state index is 5.36. The summed E-state index contributed by atoms with van der Waals surface area (Å²) in [7, 11) is 0. The molecule has 3 heteroatoms. The molecule has 0 N–H and O–H groups in total. The van der Waals surface area contributed by atoms with Crippen LogP contribution in [0.4, 0.5) is 5.69 Å². The molecule has 2 nitrogen and oxygen atoms in total. The molecular formula is C55H52HfN2. The summed E-state index contributed by atoms with van der Waals surface area (Å²) >= 11 is 0. The van der Waals surface area contributed by atoms with Crippen LogP contribution in [-0.4, -0.2) is 4.98 Å². The largest absolute Gasteiger partial charge is 4.00 e. The molecule has 1 unspecified atom stereocenters. The van der Waals surface area contributed by atoms with Crippen LogP contribution in [0.25, 0.3) is 27.7 Å². The summed E-state index contributed by atoms with van der Waals surface area (Å²) in [5.74, 6) is 0.483. The third-order valence-electron chi connectivity index (χ3n) is 9.14. The molecule has 0 aliphatic heterocycles. The van der Waals surface area contributed by atoms with Crippen LogP contribution in [0, 0.1) is 27.7 Å². The van der Waals surface area contributed by atoms with Crippen molar-refractivity contribution in [1.29, 1.82) is 0 Å². The van der Waals surface area contributed by atoms with Crippen LogP contribution < -0.4 is 0 Å². The van der Waals surface area contributed by atoms with Crippen LogP contribution in [0.5, 0.6) is 0 Å². The number of hydrogen-bond acceptors (Lipinski definition) is 1. The molecule has 0 amide bonds. The van der Waals surface area contributed by atoms with Gasteiger partial charge in [-0.3, -0.25) is 4.98 Å². The first-order valence-electron chi connectivity index (χ1n) is 19.4. The summed E-state index contributed by atoms with van der Waals surface area (Å²) in [6.07, 6.45) is 0. The van der Waals surface area contributed by atoms with E-state index in [9.17, 15) is 0 Å². The van der Waals surface area contributed by atoms with E-state index in [4.69, 9.17) is 10.3 Å². The monoisotopic (exact) mass is 920 g/mol. The van der Waals surface area contributed by atoms with E-state index in [0.29, 0.717) is 5.92 Å². The van der Waals surface area contributed by atoms with Crippen LogP contribution in [0.15, 0.2) is 212 Å². The maximum absolute atomic E-state index is 5.36. The average Bonchev–Trinajstić information content (AvgIpc) is 3.25. The molecule has 8 rings (SSSR count). The van der Waals surface area contributed by atoms with Crippen LogP contribution in [-0.2, 0) is 25.8 Å². The van der Waals surface area contributed by atoms with Gasteiger partial charge in [-0.15, -0.1) is 42.1 Å². The Morgan fingerprint density at radius 3 is 1.36 bits per heavy atom. The predicted octanol–water partition coefficient (Wildman–Crippen LogP) is 15.2. The summed E-state index contributed by atoms with van der Waals surface area (Å²) in [5, 5.41) is 5.36. The van der Waals surface area contributed by atoms with E-state index in [2.05, 4.69) is 157 Å². The van der Waals surface area contributed by atoms with Gasteiger partial charge in [0.05, 0.1) is 5.69 Å². The molecule has 0 spiro atoms. The summed E-state index contributed by atoms with van der Waals surface area (Å²) in [5.41, 5.74) is 13.2. The standard InChI is InChI=1S/C34H31N2.3C7H7.Hf/c1-24(2)28-21-22-31(25(3)23-28)36-34(30-18-11-10-17-29(30)26-13-6-4-7-14-26)33-20-12-19-32(35-33)27-15-8-5-9-16-27;3*1-7-5-3-2-4-6-7;/h4-24,34H,1-3H3;3*2-6H,1H2;/q4*-1;+4. The average molecular weight is 920 g/mol. The van der Waals surface area contributed by atoms with Gasteiger partial charge in [0.15, 0.2) is 0 Å². The van der Waals surface area contributed by atoms with E-state index in [1.165, 1.54) is 22.3 Å². The maximum Gasteiger partial charge on any atom is 4.00 e. The molecule has 0 aliphatic rings. The molecule has 7 aromatic carbocycles. The normalized spacial score (nSPS) is 10.5. The van der Waals surface area contributed by atoms with Crippen molar-refractivity contribution in [2.75, 3.05) is 0 Å². The zero-order chi connectivity index (χ0) is 40.2. The number of pyridine rings is 1. The Balaban J connectivity index is 0.000000272. The fraction of sp³-hybridized carbons (Fsp3) is 0.0909.